The maximum atomic E-state index is 15.0. The Morgan fingerprint density at radius 1 is 1.17 bits per heavy atom. The van der Waals surface area contributed by atoms with Crippen LogP contribution in [-0.2, 0) is 27.2 Å². The Morgan fingerprint density at radius 2 is 1.83 bits per heavy atom. The molecule has 2 aliphatic heterocycles. The van der Waals surface area contributed by atoms with Crippen LogP contribution >= 0.6 is 0 Å². The summed E-state index contributed by atoms with van der Waals surface area (Å²) in [6.45, 7) is 0.795. The van der Waals surface area contributed by atoms with Gasteiger partial charge in [-0.2, -0.15) is 0 Å². The summed E-state index contributed by atoms with van der Waals surface area (Å²) < 4.78 is 34.5. The minimum absolute atomic E-state index is 0.0389. The van der Waals surface area contributed by atoms with Crippen molar-refractivity contribution in [1.29, 1.82) is 0 Å². The van der Waals surface area contributed by atoms with Crippen molar-refractivity contribution in [2.24, 2.45) is 11.7 Å². The Balaban J connectivity index is 1.49. The highest BCUT2D eigenvalue weighted by Gasteiger charge is 2.45. The molecule has 3 atom stereocenters. The Bertz CT molecular complexity index is 856. The second-order valence-corrected chi connectivity index (χ2v) is 7.82. The number of aryl methyl sites for hydroxylation is 2. The number of ether oxygens (including phenoxy) is 1. The van der Waals surface area contributed by atoms with Crippen molar-refractivity contribution in [1.82, 2.24) is 10.2 Å². The van der Waals surface area contributed by atoms with Gasteiger partial charge in [0.15, 0.2) is 0 Å². The summed E-state index contributed by atoms with van der Waals surface area (Å²) in [5.41, 5.74) is 7.81. The monoisotopic (exact) mass is 407 g/mol. The van der Waals surface area contributed by atoms with Crippen LogP contribution in [0.15, 0.2) is 12.1 Å². The van der Waals surface area contributed by atoms with E-state index in [0.29, 0.717) is 26.1 Å². The van der Waals surface area contributed by atoms with E-state index in [0.717, 1.165) is 28.9 Å². The molecular weight excluding hydrogens is 384 g/mol. The van der Waals surface area contributed by atoms with Crippen LogP contribution in [0.3, 0.4) is 0 Å². The van der Waals surface area contributed by atoms with Crippen LogP contribution in [0, 0.1) is 11.7 Å². The number of carbonyl (C=O) groups excluding carboxylic acids is 3. The number of barbiturate groups is 1. The first-order chi connectivity index (χ1) is 13.9. The lowest BCUT2D eigenvalue weighted by Gasteiger charge is -2.38. The summed E-state index contributed by atoms with van der Waals surface area (Å²) >= 11 is 0. The van der Waals surface area contributed by atoms with E-state index < -0.39 is 54.3 Å². The van der Waals surface area contributed by atoms with Crippen LogP contribution in [-0.4, -0.2) is 48.2 Å². The van der Waals surface area contributed by atoms with Gasteiger partial charge in [-0.05, 0) is 42.9 Å². The SMILES string of the molecule is N[C@@H](c1cc2c(cc1F)CC2)[C@@H](F)CC1C(=O)NC(=O)N(C2CCOCC2)C1=O. The van der Waals surface area contributed by atoms with Gasteiger partial charge in [0.2, 0.25) is 11.8 Å². The number of urea groups is 1. The van der Waals surface area contributed by atoms with Crippen LogP contribution in [0.25, 0.3) is 0 Å². The second kappa shape index (κ2) is 7.79. The minimum Gasteiger partial charge on any atom is -0.381 e. The van der Waals surface area contributed by atoms with Gasteiger partial charge >= 0.3 is 6.03 Å². The molecule has 4 rings (SSSR count). The first-order valence-electron chi connectivity index (χ1n) is 9.83. The van der Waals surface area contributed by atoms with Gasteiger partial charge in [-0.15, -0.1) is 0 Å². The van der Waals surface area contributed by atoms with E-state index in [9.17, 15) is 23.2 Å². The van der Waals surface area contributed by atoms with Gasteiger partial charge in [0, 0.05) is 31.2 Å². The Morgan fingerprint density at radius 3 is 2.48 bits per heavy atom. The number of fused-ring (bicyclic) bond motifs is 1. The molecule has 2 saturated heterocycles. The van der Waals surface area contributed by atoms with Crippen molar-refractivity contribution in [3.05, 3.63) is 34.6 Å². The molecule has 156 valence electrons. The van der Waals surface area contributed by atoms with Crippen LogP contribution in [0.1, 0.15) is 42.0 Å². The molecule has 3 aliphatic rings. The van der Waals surface area contributed by atoms with Crippen molar-refractivity contribution in [2.75, 3.05) is 13.2 Å². The molecule has 7 nitrogen and oxygen atoms in total. The molecule has 0 radical (unpaired) electrons. The van der Waals surface area contributed by atoms with Crippen molar-refractivity contribution in [3.8, 4) is 0 Å². The number of rotatable bonds is 5. The van der Waals surface area contributed by atoms with E-state index in [1.807, 2.05) is 0 Å². The number of hydrogen-bond donors (Lipinski definition) is 2. The van der Waals surface area contributed by atoms with E-state index in [2.05, 4.69) is 5.32 Å². The number of nitrogens with zero attached hydrogens (tertiary/aromatic N) is 1. The van der Waals surface area contributed by atoms with Crippen molar-refractivity contribution in [3.63, 3.8) is 0 Å². The zero-order chi connectivity index (χ0) is 20.7. The number of imide groups is 2. The number of amides is 4. The number of alkyl halides is 1. The fourth-order valence-corrected chi connectivity index (χ4v) is 4.19. The quantitative estimate of drug-likeness (QED) is 0.721. The van der Waals surface area contributed by atoms with Crippen LogP contribution in [0.5, 0.6) is 0 Å². The van der Waals surface area contributed by atoms with Crippen LogP contribution in [0.4, 0.5) is 13.6 Å². The average molecular weight is 407 g/mol. The maximum absolute atomic E-state index is 15.0. The van der Waals surface area contributed by atoms with Gasteiger partial charge in [-0.1, -0.05) is 6.07 Å². The number of hydrogen-bond acceptors (Lipinski definition) is 5. The third kappa shape index (κ3) is 3.64. The lowest BCUT2D eigenvalue weighted by molar-refractivity contribution is -0.146. The number of nitrogens with one attached hydrogen (secondary N) is 1. The minimum atomic E-state index is -1.83. The smallest absolute Gasteiger partial charge is 0.331 e. The van der Waals surface area contributed by atoms with Gasteiger partial charge in [0.25, 0.3) is 0 Å². The molecular formula is C20H23F2N3O4. The Hall–Kier alpha value is -2.39. The Labute approximate surface area is 166 Å². The predicted octanol–water partition coefficient (Wildman–Crippen LogP) is 1.53. The molecule has 2 heterocycles. The molecule has 1 aromatic carbocycles. The summed E-state index contributed by atoms with van der Waals surface area (Å²) in [4.78, 5) is 38.2. The molecule has 9 heteroatoms. The van der Waals surface area contributed by atoms with Gasteiger partial charge in [0.1, 0.15) is 17.9 Å². The molecule has 1 unspecified atom stereocenters. The zero-order valence-electron chi connectivity index (χ0n) is 15.8. The van der Waals surface area contributed by atoms with Crippen molar-refractivity contribution >= 4 is 17.8 Å². The molecule has 0 saturated carbocycles. The number of halogens is 2. The number of carbonyl (C=O) groups is 3. The van der Waals surface area contributed by atoms with Crippen molar-refractivity contribution < 1.29 is 27.9 Å². The molecule has 3 N–H and O–H groups in total. The highest BCUT2D eigenvalue weighted by atomic mass is 19.1. The molecule has 0 spiro atoms. The molecule has 2 fully saturated rings. The molecule has 1 aromatic rings. The van der Waals surface area contributed by atoms with Gasteiger partial charge < -0.3 is 10.5 Å². The molecule has 1 aliphatic carbocycles. The van der Waals surface area contributed by atoms with Gasteiger partial charge in [0.05, 0.1) is 6.04 Å². The van der Waals surface area contributed by atoms with E-state index in [-0.39, 0.29) is 5.56 Å². The molecule has 0 bridgehead atoms. The van der Waals surface area contributed by atoms with Gasteiger partial charge in [-0.3, -0.25) is 19.8 Å². The summed E-state index contributed by atoms with van der Waals surface area (Å²) in [7, 11) is 0. The van der Waals surface area contributed by atoms with Crippen molar-refractivity contribution in [2.45, 2.75) is 50.4 Å². The fraction of sp³-hybridized carbons (Fsp3) is 0.550. The highest BCUT2D eigenvalue weighted by molar-refractivity contribution is 6.16. The maximum Gasteiger partial charge on any atom is 0.331 e. The molecule has 29 heavy (non-hydrogen) atoms. The van der Waals surface area contributed by atoms with E-state index in [4.69, 9.17) is 10.5 Å². The first-order valence-corrected chi connectivity index (χ1v) is 9.83. The van der Waals surface area contributed by atoms with E-state index in [1.165, 1.54) is 6.07 Å². The summed E-state index contributed by atoms with van der Waals surface area (Å²) in [6.07, 6.45) is 0.144. The highest BCUT2D eigenvalue weighted by Crippen LogP contribution is 2.32. The zero-order valence-corrected chi connectivity index (χ0v) is 15.8. The second-order valence-electron chi connectivity index (χ2n) is 7.82. The molecule has 4 amide bonds. The summed E-state index contributed by atoms with van der Waals surface area (Å²) in [5.74, 6) is -3.56. The topological polar surface area (TPSA) is 102 Å². The predicted molar refractivity (Wildman–Crippen MR) is 98.0 cm³/mol. The largest absolute Gasteiger partial charge is 0.381 e. The number of benzene rings is 1. The summed E-state index contributed by atoms with van der Waals surface area (Å²) in [6, 6.07) is 0.424. The third-order valence-corrected chi connectivity index (χ3v) is 6.05. The van der Waals surface area contributed by atoms with Crippen LogP contribution < -0.4 is 11.1 Å². The lowest BCUT2D eigenvalue weighted by atomic mass is 9.84. The lowest BCUT2D eigenvalue weighted by Crippen LogP contribution is -2.62. The molecule has 0 aromatic heterocycles. The average Bonchev–Trinajstić information content (AvgIpc) is 2.68. The standard InChI is InChI=1S/C20H23F2N3O4/c21-15-8-11-2-1-10(11)7-13(15)17(23)16(22)9-14-18(26)24-20(28)25(19(14)27)12-3-5-29-6-4-12/h7-8,12,14,16-17H,1-6,9,23H2,(H,24,26,28)/t14?,16-,17-/m0/s1. The normalized spacial score (nSPS) is 24.6. The van der Waals surface area contributed by atoms with Gasteiger partial charge in [-0.25, -0.2) is 13.6 Å². The van der Waals surface area contributed by atoms with E-state index >= 15 is 0 Å². The van der Waals surface area contributed by atoms with Crippen LogP contribution in [0.2, 0.25) is 0 Å². The van der Waals surface area contributed by atoms with E-state index in [1.54, 1.807) is 6.07 Å². The summed E-state index contributed by atoms with van der Waals surface area (Å²) in [5, 5.41) is 2.13. The Kier molecular flexibility index (Phi) is 5.35. The number of nitrogens with two attached hydrogens (primary N) is 1. The first kappa shape index (κ1) is 19.9. The fourth-order valence-electron chi connectivity index (χ4n) is 4.19. The third-order valence-electron chi connectivity index (χ3n) is 6.05.